The van der Waals surface area contributed by atoms with Gasteiger partial charge in [-0.3, -0.25) is 0 Å². The maximum absolute atomic E-state index is 6.26. The van der Waals surface area contributed by atoms with Gasteiger partial charge in [-0.1, -0.05) is 42.8 Å². The second-order valence-electron chi connectivity index (χ2n) is 6.86. The number of aromatic amines is 1. The molecule has 1 heterocycles. The molecule has 20 heavy (non-hydrogen) atoms. The summed E-state index contributed by atoms with van der Waals surface area (Å²) in [5.41, 5.74) is 2.52. The van der Waals surface area contributed by atoms with E-state index >= 15 is 0 Å². The summed E-state index contributed by atoms with van der Waals surface area (Å²) >= 11 is 3.50. The van der Waals surface area contributed by atoms with E-state index in [1.165, 1.54) is 16.5 Å². The van der Waals surface area contributed by atoms with Gasteiger partial charge >= 0.3 is 0 Å². The first-order chi connectivity index (χ1) is 9.21. The number of fused-ring (bicyclic) bond motifs is 1. The van der Waals surface area contributed by atoms with Gasteiger partial charge in [-0.15, -0.1) is 0 Å². The van der Waals surface area contributed by atoms with E-state index in [1.54, 1.807) is 0 Å². The molecule has 0 atom stereocenters. The third-order valence-corrected chi connectivity index (χ3v) is 9.40. The summed E-state index contributed by atoms with van der Waals surface area (Å²) in [6.45, 7) is 12.3. The minimum atomic E-state index is -1.63. The van der Waals surface area contributed by atoms with Gasteiger partial charge in [0.2, 0.25) is 0 Å². The molecule has 0 fully saturated rings. The lowest BCUT2D eigenvalue weighted by Gasteiger charge is -2.36. The Labute approximate surface area is 131 Å². The first-order valence-corrected chi connectivity index (χ1v) is 10.8. The van der Waals surface area contributed by atoms with Crippen molar-refractivity contribution in [1.29, 1.82) is 0 Å². The lowest BCUT2D eigenvalue weighted by molar-refractivity contribution is 0.292. The van der Waals surface area contributed by atoms with E-state index in [9.17, 15) is 0 Å². The summed E-state index contributed by atoms with van der Waals surface area (Å²) in [6.07, 6.45) is 3.07. The Morgan fingerprint density at radius 3 is 2.60 bits per heavy atom. The zero-order valence-electron chi connectivity index (χ0n) is 13.0. The Balaban J connectivity index is 2.04. The Bertz CT molecular complexity index is 598. The smallest absolute Gasteiger partial charge is 0.191 e. The summed E-state index contributed by atoms with van der Waals surface area (Å²) in [7, 11) is -1.63. The molecule has 2 nitrogen and oxygen atoms in total. The quantitative estimate of drug-likeness (QED) is 0.721. The molecule has 110 valence electrons. The molecular formula is C16H24BrNOSi. The number of hydrogen-bond donors (Lipinski definition) is 1. The van der Waals surface area contributed by atoms with Gasteiger partial charge in [0.1, 0.15) is 0 Å². The molecule has 1 aromatic heterocycles. The largest absolute Gasteiger partial charge is 0.416 e. The van der Waals surface area contributed by atoms with E-state index in [2.05, 4.69) is 79.2 Å². The van der Waals surface area contributed by atoms with Crippen LogP contribution in [-0.4, -0.2) is 19.9 Å². The number of benzene rings is 1. The van der Waals surface area contributed by atoms with Gasteiger partial charge in [0.05, 0.1) is 0 Å². The predicted octanol–water partition coefficient (Wildman–Crippen LogP) is 5.49. The highest BCUT2D eigenvalue weighted by molar-refractivity contribution is 9.10. The predicted molar refractivity (Wildman–Crippen MR) is 92.9 cm³/mol. The molecule has 0 spiro atoms. The van der Waals surface area contributed by atoms with Gasteiger partial charge in [0.25, 0.3) is 0 Å². The molecule has 0 saturated heterocycles. The van der Waals surface area contributed by atoms with Crippen LogP contribution in [0.15, 0.2) is 28.9 Å². The highest BCUT2D eigenvalue weighted by atomic mass is 79.9. The molecule has 0 saturated carbocycles. The second-order valence-corrected chi connectivity index (χ2v) is 12.6. The van der Waals surface area contributed by atoms with E-state index < -0.39 is 8.32 Å². The van der Waals surface area contributed by atoms with Crippen LogP contribution in [0.1, 0.15) is 26.3 Å². The van der Waals surface area contributed by atoms with Gasteiger partial charge in [0, 0.05) is 28.2 Å². The van der Waals surface area contributed by atoms with Gasteiger partial charge in [0.15, 0.2) is 8.32 Å². The average Bonchev–Trinajstić information content (AvgIpc) is 2.70. The fraction of sp³-hybridized carbons (Fsp3) is 0.500. The van der Waals surface area contributed by atoms with Crippen LogP contribution in [0.4, 0.5) is 0 Å². The van der Waals surface area contributed by atoms with Gasteiger partial charge in [-0.25, -0.2) is 0 Å². The molecule has 1 aromatic carbocycles. The summed E-state index contributed by atoms with van der Waals surface area (Å²) in [6, 6.07) is 6.37. The molecule has 0 aliphatic heterocycles. The van der Waals surface area contributed by atoms with E-state index in [0.29, 0.717) is 0 Å². The molecule has 0 radical (unpaired) electrons. The van der Waals surface area contributed by atoms with E-state index in [-0.39, 0.29) is 5.04 Å². The van der Waals surface area contributed by atoms with Crippen LogP contribution >= 0.6 is 15.9 Å². The molecule has 2 aromatic rings. The van der Waals surface area contributed by atoms with Crippen molar-refractivity contribution in [2.24, 2.45) is 0 Å². The van der Waals surface area contributed by atoms with Gasteiger partial charge < -0.3 is 9.41 Å². The maximum atomic E-state index is 6.26. The lowest BCUT2D eigenvalue weighted by atomic mass is 10.1. The SMILES string of the molecule is CC(C)(C)[Si](C)(C)OCCc1c[nH]c2cc(Br)ccc12. The van der Waals surface area contributed by atoms with Crippen LogP contribution in [0.25, 0.3) is 10.9 Å². The Hall–Kier alpha value is -0.583. The zero-order valence-corrected chi connectivity index (χ0v) is 15.6. The molecule has 0 aliphatic rings. The van der Waals surface area contributed by atoms with E-state index in [0.717, 1.165) is 17.5 Å². The summed E-state index contributed by atoms with van der Waals surface area (Å²) < 4.78 is 7.36. The normalized spacial score (nSPS) is 13.1. The zero-order chi connectivity index (χ0) is 15.0. The number of H-pyrrole nitrogens is 1. The summed E-state index contributed by atoms with van der Waals surface area (Å²) in [5, 5.41) is 1.57. The van der Waals surface area contributed by atoms with Crippen molar-refractivity contribution in [2.75, 3.05) is 6.61 Å². The molecule has 0 amide bonds. The van der Waals surface area contributed by atoms with Crippen LogP contribution in [0.3, 0.4) is 0 Å². The van der Waals surface area contributed by atoms with Crippen LogP contribution < -0.4 is 0 Å². The van der Waals surface area contributed by atoms with Crippen molar-refractivity contribution in [2.45, 2.75) is 45.3 Å². The third-order valence-electron chi connectivity index (χ3n) is 4.37. The molecular weight excluding hydrogens is 330 g/mol. The van der Waals surface area contributed by atoms with Crippen molar-refractivity contribution in [3.05, 3.63) is 34.4 Å². The topological polar surface area (TPSA) is 25.0 Å². The van der Waals surface area contributed by atoms with Crippen molar-refractivity contribution < 1.29 is 4.43 Å². The highest BCUT2D eigenvalue weighted by Gasteiger charge is 2.36. The fourth-order valence-corrected chi connectivity index (χ4v) is 3.40. The third kappa shape index (κ3) is 3.35. The van der Waals surface area contributed by atoms with Crippen molar-refractivity contribution in [3.63, 3.8) is 0 Å². The number of nitrogens with one attached hydrogen (secondary N) is 1. The van der Waals surface area contributed by atoms with E-state index in [1.807, 2.05) is 0 Å². The number of aromatic nitrogens is 1. The monoisotopic (exact) mass is 353 g/mol. The number of rotatable bonds is 4. The minimum Gasteiger partial charge on any atom is -0.416 e. The average molecular weight is 354 g/mol. The highest BCUT2D eigenvalue weighted by Crippen LogP contribution is 2.36. The van der Waals surface area contributed by atoms with Crippen LogP contribution in [0.5, 0.6) is 0 Å². The van der Waals surface area contributed by atoms with Crippen molar-refractivity contribution >= 4 is 35.2 Å². The van der Waals surface area contributed by atoms with Crippen LogP contribution in [0.2, 0.25) is 18.1 Å². The first kappa shape index (κ1) is 15.8. The van der Waals surface area contributed by atoms with Gasteiger partial charge in [-0.05, 0) is 42.2 Å². The Morgan fingerprint density at radius 1 is 1.25 bits per heavy atom. The second kappa shape index (κ2) is 5.66. The molecule has 1 N–H and O–H groups in total. The molecule has 0 unspecified atom stereocenters. The fourth-order valence-electron chi connectivity index (χ4n) is 2.00. The standard InChI is InChI=1S/C16H24BrNOSi/c1-16(2,3)20(4,5)19-9-8-12-11-18-15-10-13(17)6-7-14(12)15/h6-7,10-11,18H,8-9H2,1-5H3. The Kier molecular flexibility index (Phi) is 4.47. The van der Waals surface area contributed by atoms with Crippen LogP contribution in [-0.2, 0) is 10.8 Å². The van der Waals surface area contributed by atoms with Crippen molar-refractivity contribution in [1.82, 2.24) is 4.98 Å². The Morgan fingerprint density at radius 2 is 1.95 bits per heavy atom. The molecule has 0 aliphatic carbocycles. The number of hydrogen-bond acceptors (Lipinski definition) is 1. The molecule has 4 heteroatoms. The van der Waals surface area contributed by atoms with Crippen LogP contribution in [0, 0.1) is 0 Å². The van der Waals surface area contributed by atoms with Crippen molar-refractivity contribution in [3.8, 4) is 0 Å². The van der Waals surface area contributed by atoms with Gasteiger partial charge in [-0.2, -0.15) is 0 Å². The summed E-state index contributed by atoms with van der Waals surface area (Å²) in [5.74, 6) is 0. The van der Waals surface area contributed by atoms with E-state index in [4.69, 9.17) is 4.43 Å². The minimum absolute atomic E-state index is 0.276. The molecule has 2 rings (SSSR count). The number of halogens is 1. The lowest BCUT2D eigenvalue weighted by Crippen LogP contribution is -2.41. The maximum Gasteiger partial charge on any atom is 0.191 e. The molecule has 0 bridgehead atoms. The summed E-state index contributed by atoms with van der Waals surface area (Å²) in [4.78, 5) is 3.33. The first-order valence-electron chi connectivity index (χ1n) is 7.10.